The molecule has 134 valence electrons. The van der Waals surface area contributed by atoms with Crippen LogP contribution in [0.15, 0.2) is 72.6 Å². The van der Waals surface area contributed by atoms with E-state index >= 15 is 0 Å². The van der Waals surface area contributed by atoms with Crippen molar-refractivity contribution in [3.8, 4) is 5.69 Å². The van der Waals surface area contributed by atoms with E-state index in [1.54, 1.807) is 65.4 Å². The van der Waals surface area contributed by atoms with E-state index in [4.69, 9.17) is 11.6 Å². The first-order valence-corrected chi connectivity index (χ1v) is 8.47. The van der Waals surface area contributed by atoms with Crippen LogP contribution < -0.4 is 10.2 Å². The molecular formula is C20H13ClFN3O2. The normalized spacial score (nSPS) is 15.5. The van der Waals surface area contributed by atoms with Gasteiger partial charge in [0.05, 0.1) is 5.69 Å². The van der Waals surface area contributed by atoms with Gasteiger partial charge in [-0.15, -0.1) is 0 Å². The lowest BCUT2D eigenvalue weighted by molar-refractivity contribution is -0.113. The lowest BCUT2D eigenvalue weighted by Gasteiger charge is -2.11. The number of hydrogen-bond donors (Lipinski definition) is 1. The zero-order valence-electron chi connectivity index (χ0n) is 13.9. The summed E-state index contributed by atoms with van der Waals surface area (Å²) in [4.78, 5) is 26.0. The first-order chi connectivity index (χ1) is 13.0. The van der Waals surface area contributed by atoms with Crippen molar-refractivity contribution in [1.29, 1.82) is 0 Å². The van der Waals surface area contributed by atoms with Gasteiger partial charge in [-0.25, -0.2) is 14.1 Å². The van der Waals surface area contributed by atoms with Crippen molar-refractivity contribution >= 4 is 35.3 Å². The van der Waals surface area contributed by atoms with Gasteiger partial charge in [-0.3, -0.25) is 4.79 Å². The van der Waals surface area contributed by atoms with Gasteiger partial charge in [-0.1, -0.05) is 11.6 Å². The number of nitrogens with one attached hydrogen (secondary N) is 1. The van der Waals surface area contributed by atoms with Gasteiger partial charge in [-0.05, 0) is 66.7 Å². The minimum absolute atomic E-state index is 0.150. The van der Waals surface area contributed by atoms with Crippen molar-refractivity contribution in [3.63, 3.8) is 0 Å². The molecular weight excluding hydrogens is 369 g/mol. The first kappa shape index (κ1) is 17.1. The average Bonchev–Trinajstić information content (AvgIpc) is 3.22. The van der Waals surface area contributed by atoms with Crippen LogP contribution in [0.25, 0.3) is 11.8 Å². The molecule has 0 unspecified atom stereocenters. The van der Waals surface area contributed by atoms with Crippen LogP contribution in [0.4, 0.5) is 14.9 Å². The molecule has 27 heavy (non-hydrogen) atoms. The maximum Gasteiger partial charge on any atom is 0.333 e. The molecule has 2 heterocycles. The summed E-state index contributed by atoms with van der Waals surface area (Å²) in [6.07, 6.45) is 3.37. The Morgan fingerprint density at radius 3 is 2.30 bits per heavy atom. The number of halogens is 2. The fourth-order valence-electron chi connectivity index (χ4n) is 2.86. The molecule has 3 aromatic rings. The first-order valence-electron chi connectivity index (χ1n) is 8.09. The molecule has 0 bridgehead atoms. The Morgan fingerprint density at radius 1 is 0.926 bits per heavy atom. The zero-order chi connectivity index (χ0) is 19.0. The quantitative estimate of drug-likeness (QED) is 0.541. The number of rotatable bonds is 3. The Kier molecular flexibility index (Phi) is 4.25. The van der Waals surface area contributed by atoms with E-state index in [-0.39, 0.29) is 11.5 Å². The molecule has 1 aliphatic rings. The van der Waals surface area contributed by atoms with Gasteiger partial charge in [0, 0.05) is 22.6 Å². The van der Waals surface area contributed by atoms with Crippen molar-refractivity contribution in [3.05, 3.63) is 89.1 Å². The second kappa shape index (κ2) is 6.74. The van der Waals surface area contributed by atoms with Crippen molar-refractivity contribution in [2.45, 2.75) is 0 Å². The van der Waals surface area contributed by atoms with Crippen LogP contribution in [0.2, 0.25) is 5.02 Å². The molecule has 1 aliphatic heterocycles. The van der Waals surface area contributed by atoms with Gasteiger partial charge in [0.25, 0.3) is 5.91 Å². The molecule has 5 nitrogen and oxygen atoms in total. The number of carbonyl (C=O) groups is 2. The fourth-order valence-corrected chi connectivity index (χ4v) is 2.98. The zero-order valence-corrected chi connectivity index (χ0v) is 14.7. The highest BCUT2D eigenvalue weighted by Crippen LogP contribution is 2.24. The maximum absolute atomic E-state index is 13.2. The Labute approximate surface area is 159 Å². The van der Waals surface area contributed by atoms with E-state index in [1.165, 1.54) is 12.1 Å². The van der Waals surface area contributed by atoms with Crippen LogP contribution in [0.3, 0.4) is 0 Å². The predicted molar refractivity (Wildman–Crippen MR) is 101 cm³/mol. The summed E-state index contributed by atoms with van der Waals surface area (Å²) < 4.78 is 14.9. The SMILES string of the molecule is O=C1N/C(=C/c2cccn2-c2ccc(F)cc2)C(=O)N1c1ccc(Cl)cc1. The Balaban J connectivity index is 1.67. The molecule has 1 N–H and O–H groups in total. The maximum atomic E-state index is 13.2. The van der Waals surface area contributed by atoms with E-state index in [0.29, 0.717) is 16.4 Å². The molecule has 4 rings (SSSR count). The van der Waals surface area contributed by atoms with Crippen molar-refractivity contribution < 1.29 is 14.0 Å². The summed E-state index contributed by atoms with van der Waals surface area (Å²) in [6, 6.07) is 15.5. The number of imide groups is 1. The van der Waals surface area contributed by atoms with Crippen LogP contribution in [0, 0.1) is 5.82 Å². The van der Waals surface area contributed by atoms with Crippen LogP contribution in [0.5, 0.6) is 0 Å². The van der Waals surface area contributed by atoms with Gasteiger partial charge < -0.3 is 9.88 Å². The highest BCUT2D eigenvalue weighted by Gasteiger charge is 2.35. The Bertz CT molecular complexity index is 1060. The smallest absolute Gasteiger partial charge is 0.317 e. The topological polar surface area (TPSA) is 54.3 Å². The molecule has 3 amide bonds. The summed E-state index contributed by atoms with van der Waals surface area (Å²) in [5.41, 5.74) is 1.99. The molecule has 0 radical (unpaired) electrons. The molecule has 7 heteroatoms. The van der Waals surface area contributed by atoms with Crippen LogP contribution in [0.1, 0.15) is 5.69 Å². The number of benzene rings is 2. The number of amides is 3. The van der Waals surface area contributed by atoms with E-state index < -0.39 is 11.9 Å². The lowest BCUT2D eigenvalue weighted by Crippen LogP contribution is -2.30. The van der Waals surface area contributed by atoms with Crippen molar-refractivity contribution in [2.24, 2.45) is 0 Å². The fraction of sp³-hybridized carbons (Fsp3) is 0. The number of hydrogen-bond acceptors (Lipinski definition) is 2. The lowest BCUT2D eigenvalue weighted by atomic mass is 10.2. The standard InChI is InChI=1S/C20H13ClFN3O2/c21-13-3-7-16(8-4-13)25-19(26)18(23-20(25)27)12-17-2-1-11-24(17)15-9-5-14(22)6-10-15/h1-12H,(H,23,27)/b18-12+. The number of carbonyl (C=O) groups excluding carboxylic acids is 2. The van der Waals surface area contributed by atoms with Crippen molar-refractivity contribution in [1.82, 2.24) is 9.88 Å². The van der Waals surface area contributed by atoms with Crippen molar-refractivity contribution in [2.75, 3.05) is 4.90 Å². The minimum atomic E-state index is -0.534. The van der Waals surface area contributed by atoms with Crippen LogP contribution in [-0.2, 0) is 4.79 Å². The third-order valence-electron chi connectivity index (χ3n) is 4.14. The largest absolute Gasteiger partial charge is 0.333 e. The van der Waals surface area contributed by atoms with Gasteiger partial charge >= 0.3 is 6.03 Å². The van der Waals surface area contributed by atoms with Gasteiger partial charge in [0.1, 0.15) is 11.5 Å². The summed E-state index contributed by atoms with van der Waals surface area (Å²) in [6.45, 7) is 0. The highest BCUT2D eigenvalue weighted by atomic mass is 35.5. The van der Waals surface area contributed by atoms with Gasteiger partial charge in [0.2, 0.25) is 0 Å². The highest BCUT2D eigenvalue weighted by molar-refractivity contribution is 6.31. The molecule has 0 spiro atoms. The number of urea groups is 1. The second-order valence-electron chi connectivity index (χ2n) is 5.88. The molecule has 2 aromatic carbocycles. The summed E-state index contributed by atoms with van der Waals surface area (Å²) in [5, 5.41) is 3.10. The molecule has 0 aliphatic carbocycles. The van der Waals surface area contributed by atoms with Crippen LogP contribution in [-0.4, -0.2) is 16.5 Å². The number of nitrogens with zero attached hydrogens (tertiary/aromatic N) is 2. The van der Waals surface area contributed by atoms with Crippen LogP contribution >= 0.6 is 11.6 Å². The Hall–Kier alpha value is -3.38. The predicted octanol–water partition coefficient (Wildman–Crippen LogP) is 4.37. The third kappa shape index (κ3) is 3.22. The number of aromatic nitrogens is 1. The molecule has 1 saturated heterocycles. The van der Waals surface area contributed by atoms with E-state index in [9.17, 15) is 14.0 Å². The van der Waals surface area contributed by atoms with E-state index in [1.807, 2.05) is 0 Å². The van der Waals surface area contributed by atoms with E-state index in [0.717, 1.165) is 10.6 Å². The summed E-state index contributed by atoms with van der Waals surface area (Å²) in [7, 11) is 0. The molecule has 1 aromatic heterocycles. The third-order valence-corrected chi connectivity index (χ3v) is 4.39. The minimum Gasteiger partial charge on any atom is -0.317 e. The Morgan fingerprint density at radius 2 is 1.59 bits per heavy atom. The molecule has 0 saturated carbocycles. The molecule has 0 atom stereocenters. The summed E-state index contributed by atoms with van der Waals surface area (Å²) in [5.74, 6) is -0.795. The summed E-state index contributed by atoms with van der Waals surface area (Å²) >= 11 is 5.86. The number of anilines is 1. The van der Waals surface area contributed by atoms with Gasteiger partial charge in [-0.2, -0.15) is 0 Å². The monoisotopic (exact) mass is 381 g/mol. The van der Waals surface area contributed by atoms with E-state index in [2.05, 4.69) is 5.32 Å². The second-order valence-corrected chi connectivity index (χ2v) is 6.32. The molecule has 1 fully saturated rings. The van der Waals surface area contributed by atoms with Gasteiger partial charge in [0.15, 0.2) is 0 Å². The average molecular weight is 382 g/mol.